The van der Waals surface area contributed by atoms with Crippen molar-refractivity contribution in [2.24, 2.45) is 0 Å². The normalized spacial score (nSPS) is 22.5. The molecule has 2 aliphatic rings. The SMILES string of the molecule is CN(C)CC#Cc1ccc([C@H]2[C@H](CO)N3C(=O)CN(C(=O)c4cccnc4)C[C@@H]23)cc1. The molecule has 0 saturated carbocycles. The van der Waals surface area contributed by atoms with Crippen LogP contribution in [0.1, 0.15) is 27.4 Å². The van der Waals surface area contributed by atoms with Crippen molar-refractivity contribution >= 4 is 11.8 Å². The van der Waals surface area contributed by atoms with E-state index in [1.54, 1.807) is 28.1 Å². The largest absolute Gasteiger partial charge is 0.394 e. The Bertz CT molecular complexity index is 1010. The molecular weight excluding hydrogens is 392 g/mol. The molecule has 2 saturated heterocycles. The Morgan fingerprint density at radius 2 is 2.03 bits per heavy atom. The molecule has 0 spiro atoms. The molecule has 7 heteroatoms. The minimum atomic E-state index is -0.265. The van der Waals surface area contributed by atoms with Gasteiger partial charge in [-0.05, 0) is 43.9 Å². The van der Waals surface area contributed by atoms with Gasteiger partial charge in [0.2, 0.25) is 5.91 Å². The van der Waals surface area contributed by atoms with Crippen LogP contribution in [0, 0.1) is 11.8 Å². The van der Waals surface area contributed by atoms with Crippen molar-refractivity contribution < 1.29 is 14.7 Å². The molecule has 31 heavy (non-hydrogen) atoms. The summed E-state index contributed by atoms with van der Waals surface area (Å²) in [5.41, 5.74) is 2.44. The summed E-state index contributed by atoms with van der Waals surface area (Å²) in [4.78, 5) is 35.0. The van der Waals surface area contributed by atoms with Gasteiger partial charge < -0.3 is 14.9 Å². The van der Waals surface area contributed by atoms with Crippen LogP contribution < -0.4 is 0 Å². The van der Waals surface area contributed by atoms with Gasteiger partial charge in [-0.25, -0.2) is 0 Å². The molecule has 160 valence electrons. The van der Waals surface area contributed by atoms with Crippen LogP contribution >= 0.6 is 0 Å². The lowest BCUT2D eigenvalue weighted by atomic mass is 9.73. The van der Waals surface area contributed by atoms with Crippen LogP contribution in [0.3, 0.4) is 0 Å². The van der Waals surface area contributed by atoms with Gasteiger partial charge in [-0.1, -0.05) is 24.0 Å². The van der Waals surface area contributed by atoms with E-state index in [-0.39, 0.29) is 43.0 Å². The van der Waals surface area contributed by atoms with Crippen LogP contribution in [0.15, 0.2) is 48.8 Å². The molecule has 0 aliphatic carbocycles. The van der Waals surface area contributed by atoms with E-state index < -0.39 is 0 Å². The monoisotopic (exact) mass is 418 g/mol. The number of aliphatic hydroxyl groups excluding tert-OH is 1. The number of amides is 2. The third-order valence-corrected chi connectivity index (χ3v) is 5.87. The van der Waals surface area contributed by atoms with E-state index in [9.17, 15) is 14.7 Å². The van der Waals surface area contributed by atoms with E-state index in [2.05, 4.69) is 16.8 Å². The zero-order valence-corrected chi connectivity index (χ0v) is 17.7. The van der Waals surface area contributed by atoms with Crippen molar-refractivity contribution in [2.75, 3.05) is 40.3 Å². The van der Waals surface area contributed by atoms with E-state index in [1.165, 1.54) is 6.20 Å². The Kier molecular flexibility index (Phi) is 6.03. The maximum absolute atomic E-state index is 12.9. The Balaban J connectivity index is 1.52. The van der Waals surface area contributed by atoms with Gasteiger partial charge in [0, 0.05) is 30.4 Å². The number of nitrogens with zero attached hydrogens (tertiary/aromatic N) is 4. The number of carbonyl (C=O) groups excluding carboxylic acids is 2. The number of hydrogen-bond donors (Lipinski definition) is 1. The van der Waals surface area contributed by atoms with Crippen LogP contribution in [0.25, 0.3) is 0 Å². The van der Waals surface area contributed by atoms with Gasteiger partial charge in [0.05, 0.1) is 30.8 Å². The van der Waals surface area contributed by atoms with Crippen LogP contribution in [-0.2, 0) is 4.79 Å². The molecule has 0 unspecified atom stereocenters. The highest BCUT2D eigenvalue weighted by molar-refractivity contribution is 5.97. The van der Waals surface area contributed by atoms with Crippen molar-refractivity contribution in [1.29, 1.82) is 0 Å². The summed E-state index contributed by atoms with van der Waals surface area (Å²) in [7, 11) is 3.95. The van der Waals surface area contributed by atoms with Crippen molar-refractivity contribution in [3.05, 3.63) is 65.5 Å². The second-order valence-electron chi connectivity index (χ2n) is 8.23. The maximum atomic E-state index is 12.9. The van der Waals surface area contributed by atoms with Gasteiger partial charge in [-0.15, -0.1) is 0 Å². The second kappa shape index (κ2) is 8.88. The average molecular weight is 418 g/mol. The van der Waals surface area contributed by atoms with E-state index in [4.69, 9.17) is 0 Å². The Morgan fingerprint density at radius 3 is 2.68 bits per heavy atom. The summed E-state index contributed by atoms with van der Waals surface area (Å²) in [5.74, 6) is 5.91. The third kappa shape index (κ3) is 4.18. The smallest absolute Gasteiger partial charge is 0.255 e. The highest BCUT2D eigenvalue weighted by Gasteiger charge is 2.54. The summed E-state index contributed by atoms with van der Waals surface area (Å²) in [6, 6.07) is 11.0. The van der Waals surface area contributed by atoms with Gasteiger partial charge in [-0.3, -0.25) is 19.5 Å². The minimum absolute atomic E-state index is 0.0217. The van der Waals surface area contributed by atoms with Gasteiger partial charge in [0.1, 0.15) is 6.54 Å². The number of aromatic nitrogens is 1. The van der Waals surface area contributed by atoms with Crippen LogP contribution in [0.2, 0.25) is 0 Å². The lowest BCUT2D eigenvalue weighted by molar-refractivity contribution is -0.159. The Hall–Kier alpha value is -3.21. The zero-order chi connectivity index (χ0) is 22.0. The molecule has 2 fully saturated rings. The molecule has 1 N–H and O–H groups in total. The van der Waals surface area contributed by atoms with Gasteiger partial charge in [0.25, 0.3) is 5.91 Å². The first-order valence-corrected chi connectivity index (χ1v) is 10.3. The molecule has 2 aliphatic heterocycles. The molecule has 3 heterocycles. The fourth-order valence-electron chi connectivity index (χ4n) is 4.41. The topological polar surface area (TPSA) is 77.0 Å². The fraction of sp³-hybridized carbons (Fsp3) is 0.375. The molecule has 3 atom stereocenters. The van der Waals surface area contributed by atoms with Crippen LogP contribution in [0.5, 0.6) is 0 Å². The van der Waals surface area contributed by atoms with Gasteiger partial charge >= 0.3 is 0 Å². The van der Waals surface area contributed by atoms with E-state index in [0.717, 1.165) is 11.1 Å². The third-order valence-electron chi connectivity index (χ3n) is 5.87. The number of fused-ring (bicyclic) bond motifs is 1. The van der Waals surface area contributed by atoms with E-state index >= 15 is 0 Å². The van der Waals surface area contributed by atoms with Gasteiger partial charge in [0.15, 0.2) is 0 Å². The number of hydrogen-bond acceptors (Lipinski definition) is 5. The van der Waals surface area contributed by atoms with Crippen molar-refractivity contribution in [1.82, 2.24) is 19.7 Å². The summed E-state index contributed by atoms with van der Waals surface area (Å²) in [6.07, 6.45) is 3.13. The predicted molar refractivity (Wildman–Crippen MR) is 116 cm³/mol. The number of aliphatic hydroxyl groups is 1. The van der Waals surface area contributed by atoms with Crippen molar-refractivity contribution in [3.8, 4) is 11.8 Å². The van der Waals surface area contributed by atoms with Gasteiger partial charge in [-0.2, -0.15) is 0 Å². The van der Waals surface area contributed by atoms with Crippen molar-refractivity contribution in [3.63, 3.8) is 0 Å². The first kappa shape index (κ1) is 21.0. The summed E-state index contributed by atoms with van der Waals surface area (Å²) < 4.78 is 0. The molecular formula is C24H26N4O3. The Labute approximate surface area is 182 Å². The highest BCUT2D eigenvalue weighted by atomic mass is 16.3. The zero-order valence-electron chi connectivity index (χ0n) is 17.7. The number of pyridine rings is 1. The number of rotatable bonds is 4. The first-order chi connectivity index (χ1) is 15.0. The molecule has 2 aromatic rings. The standard InChI is InChI=1S/C24H26N4O3/c1-26(2)12-4-5-17-7-9-18(10-8-17)23-20-14-27(15-22(30)28(20)21(23)16-29)24(31)19-6-3-11-25-13-19/h3,6-11,13,20-21,23,29H,12,14-16H2,1-2H3/t20-,21-,23+/m0/s1. The molecule has 4 rings (SSSR count). The number of carbonyl (C=O) groups is 2. The number of piperazine rings is 1. The summed E-state index contributed by atoms with van der Waals surface area (Å²) in [5, 5.41) is 9.94. The number of benzene rings is 1. The second-order valence-corrected chi connectivity index (χ2v) is 8.23. The summed E-state index contributed by atoms with van der Waals surface area (Å²) >= 11 is 0. The van der Waals surface area contributed by atoms with Crippen molar-refractivity contribution in [2.45, 2.75) is 18.0 Å². The maximum Gasteiger partial charge on any atom is 0.255 e. The molecule has 1 aromatic heterocycles. The van der Waals surface area contributed by atoms with Crippen LogP contribution in [-0.4, -0.2) is 89.0 Å². The van der Waals surface area contributed by atoms with E-state index in [0.29, 0.717) is 18.7 Å². The lowest BCUT2D eigenvalue weighted by Gasteiger charge is -2.58. The Morgan fingerprint density at radius 1 is 1.26 bits per heavy atom. The molecule has 2 amide bonds. The van der Waals surface area contributed by atoms with E-state index in [1.807, 2.05) is 43.3 Å². The minimum Gasteiger partial charge on any atom is -0.394 e. The van der Waals surface area contributed by atoms with Crippen LogP contribution in [0.4, 0.5) is 0 Å². The average Bonchev–Trinajstić information content (AvgIpc) is 2.76. The predicted octanol–water partition coefficient (Wildman–Crippen LogP) is 0.806. The molecule has 7 nitrogen and oxygen atoms in total. The fourth-order valence-corrected chi connectivity index (χ4v) is 4.41. The molecule has 1 aromatic carbocycles. The first-order valence-electron chi connectivity index (χ1n) is 10.3. The highest BCUT2D eigenvalue weighted by Crippen LogP contribution is 2.43. The lowest BCUT2D eigenvalue weighted by Crippen LogP contribution is -2.73. The molecule has 0 bridgehead atoms. The quantitative estimate of drug-likeness (QED) is 0.744. The molecule has 0 radical (unpaired) electrons. The summed E-state index contributed by atoms with van der Waals surface area (Å²) in [6.45, 7) is 1.05.